The average molecular weight is 325 g/mol. The number of unbranched alkanes of at least 4 members (excludes halogenated alkanes) is 2. The third-order valence-corrected chi connectivity index (χ3v) is 3.48. The van der Waals surface area contributed by atoms with Crippen molar-refractivity contribution < 1.29 is 0 Å². The summed E-state index contributed by atoms with van der Waals surface area (Å²) < 4.78 is 3.70. The highest BCUT2D eigenvalue weighted by Gasteiger charge is 2.15. The zero-order valence-corrected chi connectivity index (χ0v) is 12.0. The number of nitrogens with one attached hydrogen (secondary N) is 1. The highest BCUT2D eigenvalue weighted by atomic mass is 79.9. The predicted octanol–water partition coefficient (Wildman–Crippen LogP) is 1.72. The van der Waals surface area contributed by atoms with Crippen molar-refractivity contribution in [2.75, 3.05) is 0 Å². The van der Waals surface area contributed by atoms with E-state index in [1.54, 1.807) is 4.57 Å². The van der Waals surface area contributed by atoms with Gasteiger partial charge in [0.1, 0.15) is 11.8 Å². The Morgan fingerprint density at radius 2 is 2.21 bits per heavy atom. The second-order valence-electron chi connectivity index (χ2n) is 4.39. The molecule has 0 aliphatic heterocycles. The molecule has 0 saturated carbocycles. The minimum absolute atomic E-state index is 0.150. The van der Waals surface area contributed by atoms with E-state index in [1.165, 1.54) is 10.7 Å². The molecule has 7 nitrogen and oxygen atoms in total. The van der Waals surface area contributed by atoms with Gasteiger partial charge in [-0.2, -0.15) is 0 Å². The van der Waals surface area contributed by atoms with E-state index in [0.717, 1.165) is 24.8 Å². The van der Waals surface area contributed by atoms with Crippen molar-refractivity contribution in [3.63, 3.8) is 0 Å². The summed E-state index contributed by atoms with van der Waals surface area (Å²) in [7, 11) is 0. The largest absolute Gasteiger partial charge is 0.336 e. The van der Waals surface area contributed by atoms with E-state index < -0.39 is 0 Å². The van der Waals surface area contributed by atoms with E-state index >= 15 is 0 Å². The van der Waals surface area contributed by atoms with E-state index in [4.69, 9.17) is 0 Å². The summed E-state index contributed by atoms with van der Waals surface area (Å²) in [6.07, 6.45) is 4.57. The number of imidazole rings is 1. The second-order valence-corrected chi connectivity index (χ2v) is 5.14. The monoisotopic (exact) mass is 324 g/mol. The van der Waals surface area contributed by atoms with Crippen LogP contribution in [0.3, 0.4) is 0 Å². The molecule has 3 heterocycles. The Kier molecular flexibility index (Phi) is 3.09. The molecule has 0 aliphatic rings. The summed E-state index contributed by atoms with van der Waals surface area (Å²) in [6.45, 7) is 2.78. The van der Waals surface area contributed by atoms with E-state index in [-0.39, 0.29) is 5.69 Å². The van der Waals surface area contributed by atoms with Crippen LogP contribution in [0.15, 0.2) is 15.9 Å². The molecule has 0 amide bonds. The standard InChI is InChI=1S/C11H13BrN6O/c1-2-3-4-5-17-8-7(14-10(12)15-8)9-16-13-6-18(9)11(17)19/h6H,2-5H2,1H3,(H,14,15). The molecule has 3 rings (SSSR count). The zero-order valence-electron chi connectivity index (χ0n) is 10.4. The number of hydrogen-bond donors (Lipinski definition) is 1. The lowest BCUT2D eigenvalue weighted by Gasteiger charge is -2.06. The van der Waals surface area contributed by atoms with Crippen LogP contribution in [-0.4, -0.2) is 29.1 Å². The number of hydrogen-bond acceptors (Lipinski definition) is 4. The van der Waals surface area contributed by atoms with Crippen LogP contribution in [0.25, 0.3) is 16.8 Å². The number of halogens is 1. The Balaban J connectivity index is 2.26. The fraction of sp³-hybridized carbons (Fsp3) is 0.455. The first-order chi connectivity index (χ1) is 9.22. The normalized spacial score (nSPS) is 11.7. The van der Waals surface area contributed by atoms with Gasteiger partial charge in [-0.25, -0.2) is 14.2 Å². The fourth-order valence-corrected chi connectivity index (χ4v) is 2.54. The van der Waals surface area contributed by atoms with Gasteiger partial charge in [0.2, 0.25) is 0 Å². The number of H-pyrrole nitrogens is 1. The molecule has 0 radical (unpaired) electrons. The molecule has 3 aromatic heterocycles. The van der Waals surface area contributed by atoms with Crippen molar-refractivity contribution in [2.24, 2.45) is 0 Å². The third-order valence-electron chi connectivity index (χ3n) is 3.11. The molecule has 0 atom stereocenters. The number of rotatable bonds is 4. The summed E-state index contributed by atoms with van der Waals surface area (Å²) in [6, 6.07) is 0. The summed E-state index contributed by atoms with van der Waals surface area (Å²) in [5.41, 5.74) is 1.70. The van der Waals surface area contributed by atoms with Gasteiger partial charge in [-0.15, -0.1) is 10.2 Å². The Morgan fingerprint density at radius 1 is 1.37 bits per heavy atom. The minimum atomic E-state index is -0.150. The summed E-state index contributed by atoms with van der Waals surface area (Å²) in [4.78, 5) is 19.8. The van der Waals surface area contributed by atoms with Crippen molar-refractivity contribution in [1.82, 2.24) is 29.1 Å². The van der Waals surface area contributed by atoms with Gasteiger partial charge in [-0.1, -0.05) is 19.8 Å². The molecular formula is C11H13BrN6O. The molecule has 0 aliphatic carbocycles. The molecule has 0 fully saturated rings. The quantitative estimate of drug-likeness (QED) is 0.585. The summed E-state index contributed by atoms with van der Waals surface area (Å²) >= 11 is 3.30. The molecule has 0 aromatic carbocycles. The van der Waals surface area contributed by atoms with Gasteiger partial charge in [0.05, 0.1) is 0 Å². The van der Waals surface area contributed by atoms with Gasteiger partial charge in [-0.05, 0) is 22.4 Å². The van der Waals surface area contributed by atoms with Crippen LogP contribution in [0.4, 0.5) is 0 Å². The van der Waals surface area contributed by atoms with Crippen LogP contribution in [-0.2, 0) is 6.54 Å². The van der Waals surface area contributed by atoms with E-state index in [1.807, 2.05) is 0 Å². The van der Waals surface area contributed by atoms with Gasteiger partial charge >= 0.3 is 5.69 Å². The molecule has 1 N–H and O–H groups in total. The van der Waals surface area contributed by atoms with E-state index in [0.29, 0.717) is 22.6 Å². The fourth-order valence-electron chi connectivity index (χ4n) is 2.17. The maximum absolute atomic E-state index is 12.4. The van der Waals surface area contributed by atoms with Crippen LogP contribution < -0.4 is 5.69 Å². The van der Waals surface area contributed by atoms with Crippen LogP contribution >= 0.6 is 15.9 Å². The maximum atomic E-state index is 12.4. The van der Waals surface area contributed by atoms with Gasteiger partial charge in [0.15, 0.2) is 16.0 Å². The number of aromatic nitrogens is 6. The maximum Gasteiger partial charge on any atom is 0.336 e. The lowest BCUT2D eigenvalue weighted by Crippen LogP contribution is -2.27. The molecule has 0 spiro atoms. The van der Waals surface area contributed by atoms with Crippen LogP contribution in [0.1, 0.15) is 26.2 Å². The Morgan fingerprint density at radius 3 is 3.00 bits per heavy atom. The molecule has 100 valence electrons. The van der Waals surface area contributed by atoms with Crippen molar-refractivity contribution in [3.05, 3.63) is 21.5 Å². The lowest BCUT2D eigenvalue weighted by molar-refractivity contribution is 0.586. The topological polar surface area (TPSA) is 80.9 Å². The Bertz CT molecular complexity index is 786. The lowest BCUT2D eigenvalue weighted by atomic mass is 10.2. The first-order valence-electron chi connectivity index (χ1n) is 6.20. The van der Waals surface area contributed by atoms with Gasteiger partial charge in [0, 0.05) is 6.54 Å². The number of aryl methyl sites for hydroxylation is 1. The number of fused-ring (bicyclic) bond motifs is 3. The second kappa shape index (κ2) is 4.76. The third kappa shape index (κ3) is 1.95. The predicted molar refractivity (Wildman–Crippen MR) is 74.1 cm³/mol. The SMILES string of the molecule is CCCCCn1c(=O)n2cnnc2c2[nH]c(Br)nc21. The highest BCUT2D eigenvalue weighted by molar-refractivity contribution is 9.10. The molecule has 3 aromatic rings. The average Bonchev–Trinajstić information content (AvgIpc) is 2.99. The van der Waals surface area contributed by atoms with Crippen molar-refractivity contribution >= 4 is 32.7 Å². The highest BCUT2D eigenvalue weighted by Crippen LogP contribution is 2.17. The van der Waals surface area contributed by atoms with Gasteiger partial charge in [-0.3, -0.25) is 4.57 Å². The van der Waals surface area contributed by atoms with E-state index in [2.05, 4.69) is 43.0 Å². The molecule has 8 heteroatoms. The molecule has 0 unspecified atom stereocenters. The summed E-state index contributed by atoms with van der Waals surface area (Å²) in [5.74, 6) is 0. The van der Waals surface area contributed by atoms with Crippen LogP contribution in [0.2, 0.25) is 0 Å². The molecule has 0 saturated heterocycles. The molecule has 19 heavy (non-hydrogen) atoms. The number of aromatic amines is 1. The molecule has 0 bridgehead atoms. The minimum Gasteiger partial charge on any atom is -0.328 e. The van der Waals surface area contributed by atoms with Gasteiger partial charge in [0.25, 0.3) is 0 Å². The van der Waals surface area contributed by atoms with Crippen LogP contribution in [0.5, 0.6) is 0 Å². The molecular weight excluding hydrogens is 312 g/mol. The van der Waals surface area contributed by atoms with Crippen molar-refractivity contribution in [3.8, 4) is 0 Å². The first-order valence-corrected chi connectivity index (χ1v) is 6.99. The Hall–Kier alpha value is -1.70. The van der Waals surface area contributed by atoms with Crippen LogP contribution in [0, 0.1) is 0 Å². The smallest absolute Gasteiger partial charge is 0.328 e. The summed E-state index contributed by atoms with van der Waals surface area (Å²) in [5, 5.41) is 7.76. The van der Waals surface area contributed by atoms with Gasteiger partial charge < -0.3 is 4.98 Å². The zero-order chi connectivity index (χ0) is 13.4. The van der Waals surface area contributed by atoms with E-state index in [9.17, 15) is 4.79 Å². The van der Waals surface area contributed by atoms with Crippen molar-refractivity contribution in [1.29, 1.82) is 0 Å². The number of nitrogens with zero attached hydrogens (tertiary/aromatic N) is 5. The van der Waals surface area contributed by atoms with Crippen molar-refractivity contribution in [2.45, 2.75) is 32.7 Å². The first kappa shape index (κ1) is 12.3. The Labute approximate surface area is 116 Å².